The van der Waals surface area contributed by atoms with Gasteiger partial charge in [0.2, 0.25) is 5.82 Å². The lowest BCUT2D eigenvalue weighted by molar-refractivity contribution is -0.384. The van der Waals surface area contributed by atoms with E-state index in [9.17, 15) is 10.1 Å². The molecule has 19 heavy (non-hydrogen) atoms. The number of likely N-dealkylation sites (tertiary alicyclic amines) is 1. The summed E-state index contributed by atoms with van der Waals surface area (Å²) < 4.78 is 0. The molecule has 7 nitrogen and oxygen atoms in total. The van der Waals surface area contributed by atoms with Crippen LogP contribution in [0.5, 0.6) is 0 Å². The van der Waals surface area contributed by atoms with Crippen LogP contribution in [0.15, 0.2) is 12.3 Å². The van der Waals surface area contributed by atoms with Crippen molar-refractivity contribution in [3.05, 3.63) is 27.9 Å². The molecule has 7 heteroatoms. The first-order valence-corrected chi connectivity index (χ1v) is 6.10. The smallest absolute Gasteiger partial charge is 0.328 e. The third-order valence-corrected chi connectivity index (χ3v) is 3.19. The predicted molar refractivity (Wildman–Crippen MR) is 69.7 cm³/mol. The number of nitrogens with one attached hydrogen (secondary N) is 1. The second-order valence-electron chi connectivity index (χ2n) is 4.67. The summed E-state index contributed by atoms with van der Waals surface area (Å²) in [5, 5.41) is 23.1. The molecule has 0 spiro atoms. The van der Waals surface area contributed by atoms with Crippen molar-refractivity contribution in [1.29, 1.82) is 5.26 Å². The number of nitro groups is 1. The molecule has 0 aromatic carbocycles. The molecule has 0 bridgehead atoms. The number of aromatic nitrogens is 1. The average molecular weight is 261 g/mol. The minimum atomic E-state index is -0.555. The van der Waals surface area contributed by atoms with E-state index in [1.165, 1.54) is 12.3 Å². The van der Waals surface area contributed by atoms with Gasteiger partial charge in [-0.2, -0.15) is 5.26 Å². The van der Waals surface area contributed by atoms with E-state index in [1.807, 2.05) is 13.1 Å². The van der Waals surface area contributed by atoms with Crippen LogP contribution in [0.1, 0.15) is 18.4 Å². The standard InChI is InChI=1S/C12H15N5O2/c1-16-6-2-3-10(8-16)15-12-11(17(18)19)9(7-13)4-5-14-12/h4-5,10H,2-3,6,8H2,1H3,(H,14,15). The number of anilines is 1. The number of nitrogens with zero attached hydrogens (tertiary/aromatic N) is 4. The van der Waals surface area contributed by atoms with Gasteiger partial charge in [-0.25, -0.2) is 4.98 Å². The van der Waals surface area contributed by atoms with Crippen molar-refractivity contribution in [2.45, 2.75) is 18.9 Å². The van der Waals surface area contributed by atoms with Crippen LogP contribution in [0.3, 0.4) is 0 Å². The molecule has 0 saturated carbocycles. The first-order valence-electron chi connectivity index (χ1n) is 6.10. The molecule has 1 aliphatic rings. The van der Waals surface area contributed by atoms with Gasteiger partial charge < -0.3 is 10.2 Å². The largest absolute Gasteiger partial charge is 0.360 e. The van der Waals surface area contributed by atoms with E-state index in [4.69, 9.17) is 5.26 Å². The first kappa shape index (κ1) is 13.2. The van der Waals surface area contributed by atoms with Gasteiger partial charge in [-0.05, 0) is 32.5 Å². The summed E-state index contributed by atoms with van der Waals surface area (Å²) in [6, 6.07) is 3.31. The SMILES string of the molecule is CN1CCCC(Nc2nccc(C#N)c2[N+](=O)[O-])C1. The maximum Gasteiger partial charge on any atom is 0.328 e. The van der Waals surface area contributed by atoms with Crippen molar-refractivity contribution in [3.63, 3.8) is 0 Å². The normalized spacial score (nSPS) is 19.7. The van der Waals surface area contributed by atoms with E-state index in [0.29, 0.717) is 0 Å². The van der Waals surface area contributed by atoms with Crippen LogP contribution in [-0.4, -0.2) is 41.0 Å². The quantitative estimate of drug-likeness (QED) is 0.652. The molecule has 1 unspecified atom stereocenters. The Bertz CT molecular complexity index is 525. The Kier molecular flexibility index (Phi) is 3.92. The van der Waals surface area contributed by atoms with Gasteiger partial charge in [-0.1, -0.05) is 0 Å². The topological polar surface area (TPSA) is 95.1 Å². The number of rotatable bonds is 3. The molecule has 1 saturated heterocycles. The van der Waals surface area contributed by atoms with E-state index in [0.717, 1.165) is 25.9 Å². The Labute approximate surface area is 111 Å². The van der Waals surface area contributed by atoms with Gasteiger partial charge in [0.05, 0.1) is 4.92 Å². The molecular formula is C12H15N5O2. The summed E-state index contributed by atoms with van der Waals surface area (Å²) in [4.78, 5) is 16.7. The van der Waals surface area contributed by atoms with Crippen molar-refractivity contribution in [1.82, 2.24) is 9.88 Å². The molecule has 1 N–H and O–H groups in total. The minimum absolute atomic E-state index is 0.0339. The van der Waals surface area contributed by atoms with E-state index in [2.05, 4.69) is 15.2 Å². The van der Waals surface area contributed by atoms with E-state index in [1.54, 1.807) is 0 Å². The number of pyridine rings is 1. The molecule has 1 fully saturated rings. The van der Waals surface area contributed by atoms with Crippen LogP contribution < -0.4 is 5.32 Å². The highest BCUT2D eigenvalue weighted by Gasteiger charge is 2.25. The molecule has 0 amide bonds. The zero-order chi connectivity index (χ0) is 13.8. The van der Waals surface area contributed by atoms with Crippen molar-refractivity contribution in [2.24, 2.45) is 0 Å². The van der Waals surface area contributed by atoms with Crippen LogP contribution in [0, 0.1) is 21.4 Å². The number of piperidine rings is 1. The third kappa shape index (κ3) is 2.98. The second kappa shape index (κ2) is 5.63. The Morgan fingerprint density at radius 3 is 3.11 bits per heavy atom. The van der Waals surface area contributed by atoms with Gasteiger partial charge in [-0.15, -0.1) is 0 Å². The third-order valence-electron chi connectivity index (χ3n) is 3.19. The van der Waals surface area contributed by atoms with Gasteiger partial charge in [0, 0.05) is 18.8 Å². The fraction of sp³-hybridized carbons (Fsp3) is 0.500. The molecule has 0 aliphatic carbocycles. The van der Waals surface area contributed by atoms with Crippen molar-refractivity contribution < 1.29 is 4.92 Å². The van der Waals surface area contributed by atoms with Gasteiger partial charge in [0.1, 0.15) is 11.6 Å². The summed E-state index contributed by atoms with van der Waals surface area (Å²) >= 11 is 0. The highest BCUT2D eigenvalue weighted by Crippen LogP contribution is 2.27. The Morgan fingerprint density at radius 1 is 1.68 bits per heavy atom. The van der Waals surface area contributed by atoms with Crippen LogP contribution in [-0.2, 0) is 0 Å². The fourth-order valence-corrected chi connectivity index (χ4v) is 2.31. The van der Waals surface area contributed by atoms with Crippen LogP contribution >= 0.6 is 0 Å². The molecular weight excluding hydrogens is 246 g/mol. The molecule has 2 heterocycles. The molecule has 2 rings (SSSR count). The molecule has 1 aromatic rings. The lowest BCUT2D eigenvalue weighted by atomic mass is 10.1. The van der Waals surface area contributed by atoms with Gasteiger partial charge in [0.15, 0.2) is 0 Å². The Hall–Kier alpha value is -2.20. The van der Waals surface area contributed by atoms with Gasteiger partial charge in [-0.3, -0.25) is 10.1 Å². The lowest BCUT2D eigenvalue weighted by Crippen LogP contribution is -2.40. The minimum Gasteiger partial charge on any atom is -0.360 e. The van der Waals surface area contributed by atoms with E-state index in [-0.39, 0.29) is 23.1 Å². The molecule has 1 atom stereocenters. The zero-order valence-electron chi connectivity index (χ0n) is 10.7. The van der Waals surface area contributed by atoms with Crippen molar-refractivity contribution in [3.8, 4) is 6.07 Å². The highest BCUT2D eigenvalue weighted by atomic mass is 16.6. The summed E-state index contributed by atoms with van der Waals surface area (Å²) in [5.41, 5.74) is -0.204. The highest BCUT2D eigenvalue weighted by molar-refractivity contribution is 5.64. The Morgan fingerprint density at radius 2 is 2.47 bits per heavy atom. The number of likely N-dealkylation sites (N-methyl/N-ethyl adjacent to an activating group) is 1. The van der Waals surface area contributed by atoms with Crippen LogP contribution in [0.2, 0.25) is 0 Å². The van der Waals surface area contributed by atoms with Crippen molar-refractivity contribution >= 4 is 11.5 Å². The molecule has 1 aromatic heterocycles. The van der Waals surface area contributed by atoms with E-state index < -0.39 is 4.92 Å². The lowest BCUT2D eigenvalue weighted by Gasteiger charge is -2.30. The fourth-order valence-electron chi connectivity index (χ4n) is 2.31. The Balaban J connectivity index is 2.25. The number of nitriles is 1. The molecule has 1 aliphatic heterocycles. The predicted octanol–water partition coefficient (Wildman–Crippen LogP) is 1.37. The second-order valence-corrected chi connectivity index (χ2v) is 4.67. The molecule has 100 valence electrons. The maximum atomic E-state index is 11.1. The van der Waals surface area contributed by atoms with Gasteiger partial charge >= 0.3 is 5.69 Å². The van der Waals surface area contributed by atoms with E-state index >= 15 is 0 Å². The maximum absolute atomic E-state index is 11.1. The first-order chi connectivity index (χ1) is 9.11. The van der Waals surface area contributed by atoms with Crippen LogP contribution in [0.4, 0.5) is 11.5 Å². The summed E-state index contributed by atoms with van der Waals surface area (Å²) in [5.74, 6) is 0.185. The summed E-state index contributed by atoms with van der Waals surface area (Å²) in [6.45, 7) is 1.85. The zero-order valence-corrected chi connectivity index (χ0v) is 10.7. The summed E-state index contributed by atoms with van der Waals surface area (Å²) in [7, 11) is 2.02. The monoisotopic (exact) mass is 261 g/mol. The number of hydrogen-bond donors (Lipinski definition) is 1. The molecule has 0 radical (unpaired) electrons. The average Bonchev–Trinajstić information content (AvgIpc) is 2.38. The van der Waals surface area contributed by atoms with Gasteiger partial charge in [0.25, 0.3) is 0 Å². The van der Waals surface area contributed by atoms with Crippen LogP contribution in [0.25, 0.3) is 0 Å². The van der Waals surface area contributed by atoms with Crippen molar-refractivity contribution in [2.75, 3.05) is 25.5 Å². The number of hydrogen-bond acceptors (Lipinski definition) is 6. The summed E-state index contributed by atoms with van der Waals surface area (Å²) in [6.07, 6.45) is 3.40.